The van der Waals surface area contributed by atoms with Gasteiger partial charge in [0.15, 0.2) is 0 Å². The van der Waals surface area contributed by atoms with Crippen LogP contribution in [0.2, 0.25) is 0 Å². The Hall–Kier alpha value is -2.66. The SMILES string of the molecule is Cc1cccc(CNC(=O)c2ccccc2NC(=O)[C@@H]2CCNC2)c1. The summed E-state index contributed by atoms with van der Waals surface area (Å²) in [5, 5.41) is 9.00. The van der Waals surface area contributed by atoms with Crippen molar-refractivity contribution in [2.75, 3.05) is 18.4 Å². The monoisotopic (exact) mass is 337 g/mol. The summed E-state index contributed by atoms with van der Waals surface area (Å²) in [5.41, 5.74) is 3.24. The van der Waals surface area contributed by atoms with E-state index in [0.717, 1.165) is 24.1 Å². The first kappa shape index (κ1) is 17.2. The molecular formula is C20H23N3O2. The predicted octanol–water partition coefficient (Wildman–Crippen LogP) is 2.47. The molecule has 0 radical (unpaired) electrons. The molecule has 2 amide bonds. The lowest BCUT2D eigenvalue weighted by Gasteiger charge is -2.14. The van der Waals surface area contributed by atoms with Gasteiger partial charge in [0.1, 0.15) is 0 Å². The van der Waals surface area contributed by atoms with E-state index in [1.807, 2.05) is 37.3 Å². The lowest BCUT2D eigenvalue weighted by atomic mass is 10.1. The molecule has 1 aliphatic heterocycles. The molecule has 0 unspecified atom stereocenters. The molecule has 2 aromatic rings. The summed E-state index contributed by atoms with van der Waals surface area (Å²) < 4.78 is 0. The van der Waals surface area contributed by atoms with Gasteiger partial charge in [-0.3, -0.25) is 9.59 Å². The van der Waals surface area contributed by atoms with Crippen LogP contribution in [0.25, 0.3) is 0 Å². The van der Waals surface area contributed by atoms with Gasteiger partial charge in [0.05, 0.1) is 17.2 Å². The highest BCUT2D eigenvalue weighted by atomic mass is 16.2. The maximum atomic E-state index is 12.6. The Morgan fingerprint density at radius 3 is 2.76 bits per heavy atom. The average molecular weight is 337 g/mol. The van der Waals surface area contributed by atoms with Crippen LogP contribution in [-0.4, -0.2) is 24.9 Å². The number of hydrogen-bond acceptors (Lipinski definition) is 3. The van der Waals surface area contributed by atoms with Crippen molar-refractivity contribution in [3.63, 3.8) is 0 Å². The zero-order valence-corrected chi connectivity index (χ0v) is 14.3. The third kappa shape index (κ3) is 4.45. The average Bonchev–Trinajstić information content (AvgIpc) is 3.15. The molecule has 2 aromatic carbocycles. The van der Waals surface area contributed by atoms with E-state index in [0.29, 0.717) is 24.3 Å². The van der Waals surface area contributed by atoms with E-state index in [9.17, 15) is 9.59 Å². The fourth-order valence-electron chi connectivity index (χ4n) is 3.00. The van der Waals surface area contributed by atoms with Gasteiger partial charge in [-0.15, -0.1) is 0 Å². The van der Waals surface area contributed by atoms with Crippen LogP contribution in [0.15, 0.2) is 48.5 Å². The number of anilines is 1. The molecular weight excluding hydrogens is 314 g/mol. The fraction of sp³-hybridized carbons (Fsp3) is 0.300. The summed E-state index contributed by atoms with van der Waals surface area (Å²) in [7, 11) is 0. The summed E-state index contributed by atoms with van der Waals surface area (Å²) in [5.74, 6) is -0.269. The van der Waals surface area contributed by atoms with Gasteiger partial charge in [-0.1, -0.05) is 42.0 Å². The number of rotatable bonds is 5. The van der Waals surface area contributed by atoms with Crippen molar-refractivity contribution in [2.24, 2.45) is 5.92 Å². The van der Waals surface area contributed by atoms with E-state index < -0.39 is 0 Å². The standard InChI is InChI=1S/C20H23N3O2/c1-14-5-4-6-15(11-14)12-22-20(25)17-7-2-3-8-18(17)23-19(24)16-9-10-21-13-16/h2-8,11,16,21H,9-10,12-13H2,1H3,(H,22,25)(H,23,24)/t16-/m1/s1. The van der Waals surface area contributed by atoms with Crippen LogP contribution in [0.5, 0.6) is 0 Å². The number of para-hydroxylation sites is 1. The Morgan fingerprint density at radius 2 is 2.00 bits per heavy atom. The molecule has 5 nitrogen and oxygen atoms in total. The Labute approximate surface area is 147 Å². The van der Waals surface area contributed by atoms with Gasteiger partial charge in [0.25, 0.3) is 5.91 Å². The first-order valence-corrected chi connectivity index (χ1v) is 8.58. The molecule has 0 aromatic heterocycles. The quantitative estimate of drug-likeness (QED) is 0.785. The zero-order valence-electron chi connectivity index (χ0n) is 14.3. The van der Waals surface area contributed by atoms with Gasteiger partial charge >= 0.3 is 0 Å². The Balaban J connectivity index is 1.66. The summed E-state index contributed by atoms with van der Waals surface area (Å²) in [6, 6.07) is 15.1. The number of carbonyl (C=O) groups is 2. The second-order valence-corrected chi connectivity index (χ2v) is 6.40. The van der Waals surface area contributed by atoms with E-state index >= 15 is 0 Å². The number of amides is 2. The van der Waals surface area contributed by atoms with Crippen LogP contribution in [0.1, 0.15) is 27.9 Å². The molecule has 5 heteroatoms. The van der Waals surface area contributed by atoms with Crippen LogP contribution in [-0.2, 0) is 11.3 Å². The highest BCUT2D eigenvalue weighted by Crippen LogP contribution is 2.18. The molecule has 3 N–H and O–H groups in total. The fourth-order valence-corrected chi connectivity index (χ4v) is 3.00. The van der Waals surface area contributed by atoms with Crippen molar-refractivity contribution in [3.8, 4) is 0 Å². The minimum atomic E-state index is -0.193. The van der Waals surface area contributed by atoms with Gasteiger partial charge in [-0.25, -0.2) is 0 Å². The molecule has 0 aliphatic carbocycles. The van der Waals surface area contributed by atoms with E-state index in [1.165, 1.54) is 0 Å². The van der Waals surface area contributed by atoms with Crippen LogP contribution in [0.3, 0.4) is 0 Å². The molecule has 0 spiro atoms. The van der Waals surface area contributed by atoms with E-state index in [-0.39, 0.29) is 17.7 Å². The molecule has 3 rings (SSSR count). The minimum absolute atomic E-state index is 0.0380. The van der Waals surface area contributed by atoms with Crippen molar-refractivity contribution in [3.05, 3.63) is 65.2 Å². The van der Waals surface area contributed by atoms with Crippen molar-refractivity contribution >= 4 is 17.5 Å². The minimum Gasteiger partial charge on any atom is -0.348 e. The number of carbonyl (C=O) groups excluding carboxylic acids is 2. The topological polar surface area (TPSA) is 70.2 Å². The maximum Gasteiger partial charge on any atom is 0.253 e. The second-order valence-electron chi connectivity index (χ2n) is 6.40. The number of benzene rings is 2. The van der Waals surface area contributed by atoms with Crippen molar-refractivity contribution in [2.45, 2.75) is 19.9 Å². The van der Waals surface area contributed by atoms with Crippen molar-refractivity contribution < 1.29 is 9.59 Å². The summed E-state index contributed by atoms with van der Waals surface area (Å²) in [4.78, 5) is 24.9. The van der Waals surface area contributed by atoms with Crippen LogP contribution < -0.4 is 16.0 Å². The molecule has 130 valence electrons. The van der Waals surface area contributed by atoms with Crippen LogP contribution >= 0.6 is 0 Å². The third-order valence-corrected chi connectivity index (χ3v) is 4.40. The summed E-state index contributed by atoms with van der Waals surface area (Å²) in [6.45, 7) is 4.02. The third-order valence-electron chi connectivity index (χ3n) is 4.40. The highest BCUT2D eigenvalue weighted by molar-refractivity contribution is 6.04. The van der Waals surface area contributed by atoms with Gasteiger partial charge in [-0.2, -0.15) is 0 Å². The number of hydrogen-bond donors (Lipinski definition) is 3. The van der Waals surface area contributed by atoms with Crippen molar-refractivity contribution in [1.29, 1.82) is 0 Å². The van der Waals surface area contributed by atoms with E-state index in [1.54, 1.807) is 18.2 Å². The molecule has 1 fully saturated rings. The first-order valence-electron chi connectivity index (χ1n) is 8.58. The highest BCUT2D eigenvalue weighted by Gasteiger charge is 2.23. The molecule has 1 saturated heterocycles. The molecule has 1 atom stereocenters. The van der Waals surface area contributed by atoms with Gasteiger partial charge in [-0.05, 0) is 37.6 Å². The van der Waals surface area contributed by atoms with Crippen molar-refractivity contribution in [1.82, 2.24) is 10.6 Å². The molecule has 0 saturated carbocycles. The molecule has 25 heavy (non-hydrogen) atoms. The lowest BCUT2D eigenvalue weighted by molar-refractivity contribution is -0.119. The summed E-state index contributed by atoms with van der Waals surface area (Å²) >= 11 is 0. The predicted molar refractivity (Wildman–Crippen MR) is 98.4 cm³/mol. The van der Waals surface area contributed by atoms with Gasteiger partial charge < -0.3 is 16.0 Å². The number of nitrogens with one attached hydrogen (secondary N) is 3. The van der Waals surface area contributed by atoms with Crippen LogP contribution in [0, 0.1) is 12.8 Å². The van der Waals surface area contributed by atoms with E-state index in [4.69, 9.17) is 0 Å². The summed E-state index contributed by atoms with van der Waals surface area (Å²) in [6.07, 6.45) is 0.827. The zero-order chi connectivity index (χ0) is 17.6. The van der Waals surface area contributed by atoms with Crippen LogP contribution in [0.4, 0.5) is 5.69 Å². The Morgan fingerprint density at radius 1 is 1.16 bits per heavy atom. The first-order chi connectivity index (χ1) is 12.1. The maximum absolute atomic E-state index is 12.6. The van der Waals surface area contributed by atoms with Gasteiger partial charge in [0.2, 0.25) is 5.91 Å². The number of aryl methyl sites for hydroxylation is 1. The smallest absolute Gasteiger partial charge is 0.253 e. The van der Waals surface area contributed by atoms with E-state index in [2.05, 4.69) is 16.0 Å². The largest absolute Gasteiger partial charge is 0.348 e. The Kier molecular flexibility index (Phi) is 5.46. The second kappa shape index (κ2) is 7.94. The Bertz CT molecular complexity index is 767. The lowest BCUT2D eigenvalue weighted by Crippen LogP contribution is -2.28. The molecule has 1 heterocycles. The molecule has 1 aliphatic rings. The normalized spacial score (nSPS) is 16.4. The van der Waals surface area contributed by atoms with Gasteiger partial charge in [0, 0.05) is 13.1 Å². The molecule has 0 bridgehead atoms.